The first-order valence-electron chi connectivity index (χ1n) is 15.3. The number of likely N-dealkylation sites (tertiary alicyclic amines) is 1. The summed E-state index contributed by atoms with van der Waals surface area (Å²) in [6, 6.07) is 3.34. The number of hydrogen-bond donors (Lipinski definition) is 1. The van der Waals surface area contributed by atoms with E-state index in [1.165, 1.54) is 26.2 Å². The number of nitrogens with one attached hydrogen (secondary N) is 1. The van der Waals surface area contributed by atoms with E-state index in [2.05, 4.69) is 41.2 Å². The molecular weight excluding hydrogens is 528 g/mol. The van der Waals surface area contributed by atoms with Gasteiger partial charge in [0.2, 0.25) is 11.8 Å². The van der Waals surface area contributed by atoms with Crippen LogP contribution in [0.5, 0.6) is 0 Å². The van der Waals surface area contributed by atoms with E-state index in [1.54, 1.807) is 22.0 Å². The topological polar surface area (TPSA) is 110 Å². The van der Waals surface area contributed by atoms with Crippen LogP contribution in [0.15, 0.2) is 24.5 Å². The zero-order valence-corrected chi connectivity index (χ0v) is 26.0. The molecule has 42 heavy (non-hydrogen) atoms. The number of aromatic nitrogens is 4. The molecule has 5 rings (SSSR count). The quantitative estimate of drug-likeness (QED) is 0.379. The lowest BCUT2D eigenvalue weighted by Crippen LogP contribution is -2.52. The van der Waals surface area contributed by atoms with Crippen molar-refractivity contribution >= 4 is 28.5 Å². The molecule has 1 N–H and O–H groups in total. The van der Waals surface area contributed by atoms with Crippen molar-refractivity contribution in [2.75, 3.05) is 0 Å². The largest absolute Gasteiger partial charge is 0.352 e. The fourth-order valence-corrected chi connectivity index (χ4v) is 6.91. The molecule has 3 aromatic rings. The number of ketones is 1. The molecule has 1 aliphatic heterocycles. The van der Waals surface area contributed by atoms with E-state index < -0.39 is 6.04 Å². The Labute approximate surface area is 248 Å². The fourth-order valence-electron chi connectivity index (χ4n) is 6.91. The standard InChI is InChI=1S/C33H44N6O3/c1-19-13-25(26-16-34-23(5)35-17-26)14-27-30(21(3)40)37-38(31(19)27)18-29(41)39-22(4)33(6,7)15-28(39)32(42)36-20(2)24-11-9-8-10-12-24/h13-14,16-17,20,22,24,28H,8-12,15,18H2,1-7H3,(H,36,42)/t20-,22+,28-/m0/s1. The van der Waals surface area contributed by atoms with Gasteiger partial charge in [-0.15, -0.1) is 0 Å². The lowest BCUT2D eigenvalue weighted by Gasteiger charge is -2.33. The van der Waals surface area contributed by atoms with Crippen LogP contribution < -0.4 is 5.32 Å². The maximum Gasteiger partial charge on any atom is 0.245 e. The molecule has 3 atom stereocenters. The molecule has 1 saturated heterocycles. The molecule has 2 amide bonds. The molecule has 9 nitrogen and oxygen atoms in total. The Balaban J connectivity index is 1.44. The fraction of sp³-hybridized carbons (Fsp3) is 0.576. The van der Waals surface area contributed by atoms with E-state index in [9.17, 15) is 14.4 Å². The third-order valence-electron chi connectivity index (χ3n) is 9.69. The van der Waals surface area contributed by atoms with Gasteiger partial charge >= 0.3 is 0 Å². The Kier molecular flexibility index (Phi) is 8.23. The van der Waals surface area contributed by atoms with Crippen molar-refractivity contribution in [3.05, 3.63) is 41.6 Å². The zero-order valence-electron chi connectivity index (χ0n) is 26.0. The van der Waals surface area contributed by atoms with Gasteiger partial charge in [-0.05, 0) is 81.5 Å². The number of nitrogens with zero attached hydrogens (tertiary/aromatic N) is 5. The van der Waals surface area contributed by atoms with Crippen molar-refractivity contribution in [3.8, 4) is 11.1 Å². The Morgan fingerprint density at radius 1 is 1.05 bits per heavy atom. The average Bonchev–Trinajstić information content (AvgIpc) is 3.43. The van der Waals surface area contributed by atoms with Crippen molar-refractivity contribution in [1.29, 1.82) is 0 Å². The molecule has 2 aliphatic rings. The molecule has 2 aromatic heterocycles. The average molecular weight is 573 g/mol. The second-order valence-electron chi connectivity index (χ2n) is 13.2. The zero-order chi connectivity index (χ0) is 30.3. The maximum atomic E-state index is 14.1. The molecule has 2 fully saturated rings. The minimum Gasteiger partial charge on any atom is -0.352 e. The summed E-state index contributed by atoms with van der Waals surface area (Å²) in [5.74, 6) is 0.747. The number of hydrogen-bond acceptors (Lipinski definition) is 6. The number of Topliss-reactive ketones (excluding diaryl/α,β-unsaturated/α-hetero) is 1. The monoisotopic (exact) mass is 572 g/mol. The summed E-state index contributed by atoms with van der Waals surface area (Å²) < 4.78 is 1.64. The van der Waals surface area contributed by atoms with Gasteiger partial charge in [-0.3, -0.25) is 19.1 Å². The van der Waals surface area contributed by atoms with Gasteiger partial charge in [0.1, 0.15) is 24.1 Å². The van der Waals surface area contributed by atoms with E-state index in [0.29, 0.717) is 29.2 Å². The highest BCUT2D eigenvalue weighted by atomic mass is 16.2. The molecule has 3 heterocycles. The predicted molar refractivity (Wildman–Crippen MR) is 163 cm³/mol. The highest BCUT2D eigenvalue weighted by molar-refractivity contribution is 6.07. The van der Waals surface area contributed by atoms with Crippen LogP contribution in [0.4, 0.5) is 0 Å². The van der Waals surface area contributed by atoms with Gasteiger partial charge in [0.25, 0.3) is 0 Å². The van der Waals surface area contributed by atoms with Crippen molar-refractivity contribution in [1.82, 2.24) is 30.0 Å². The number of amides is 2. The molecule has 0 unspecified atom stereocenters. The van der Waals surface area contributed by atoms with Crippen LogP contribution in [0.2, 0.25) is 0 Å². The molecule has 1 saturated carbocycles. The summed E-state index contributed by atoms with van der Waals surface area (Å²) in [5, 5.41) is 8.60. The number of benzene rings is 1. The lowest BCUT2D eigenvalue weighted by molar-refractivity contribution is -0.141. The van der Waals surface area contributed by atoms with Gasteiger partial charge < -0.3 is 10.2 Å². The lowest BCUT2D eigenvalue weighted by atomic mass is 9.83. The van der Waals surface area contributed by atoms with E-state index in [0.717, 1.165) is 35.0 Å². The van der Waals surface area contributed by atoms with E-state index >= 15 is 0 Å². The maximum absolute atomic E-state index is 14.1. The highest BCUT2D eigenvalue weighted by Gasteiger charge is 2.49. The minimum atomic E-state index is -0.545. The first-order chi connectivity index (χ1) is 19.9. The molecular formula is C33H44N6O3. The number of rotatable bonds is 7. The SMILES string of the molecule is CC(=O)c1nn(CC(=O)N2[C@H](C(=O)N[C@@H](C)C3CCCCC3)CC(C)(C)[C@H]2C)c2c(C)cc(-c3cnc(C)nc3)cc12. The summed E-state index contributed by atoms with van der Waals surface area (Å²) in [7, 11) is 0. The smallest absolute Gasteiger partial charge is 0.245 e. The second-order valence-corrected chi connectivity index (χ2v) is 13.2. The first kappa shape index (κ1) is 29.9. The van der Waals surface area contributed by atoms with Gasteiger partial charge in [-0.1, -0.05) is 33.1 Å². The molecule has 1 aliphatic carbocycles. The Morgan fingerprint density at radius 3 is 2.36 bits per heavy atom. The van der Waals surface area contributed by atoms with Gasteiger partial charge in [0.15, 0.2) is 5.78 Å². The predicted octanol–water partition coefficient (Wildman–Crippen LogP) is 5.41. The molecule has 0 radical (unpaired) electrons. The number of carbonyl (C=O) groups is 3. The number of aryl methyl sites for hydroxylation is 2. The Bertz CT molecular complexity index is 1500. The van der Waals surface area contributed by atoms with E-state index in [1.807, 2.05) is 32.9 Å². The van der Waals surface area contributed by atoms with Crippen LogP contribution in [-0.4, -0.2) is 60.4 Å². The summed E-state index contributed by atoms with van der Waals surface area (Å²) in [4.78, 5) is 50.8. The van der Waals surface area contributed by atoms with Crippen molar-refractivity contribution < 1.29 is 14.4 Å². The van der Waals surface area contributed by atoms with Gasteiger partial charge in [0, 0.05) is 42.4 Å². The molecule has 9 heteroatoms. The highest BCUT2D eigenvalue weighted by Crippen LogP contribution is 2.41. The molecule has 224 valence electrons. The van der Waals surface area contributed by atoms with Crippen LogP contribution in [0.3, 0.4) is 0 Å². The Morgan fingerprint density at radius 2 is 1.71 bits per heavy atom. The second kappa shape index (κ2) is 11.6. The normalized spacial score (nSPS) is 21.5. The summed E-state index contributed by atoms with van der Waals surface area (Å²) in [6.45, 7) is 13.6. The minimum absolute atomic E-state index is 0.0556. The number of fused-ring (bicyclic) bond motifs is 1. The summed E-state index contributed by atoms with van der Waals surface area (Å²) in [6.07, 6.45) is 10.1. The first-order valence-corrected chi connectivity index (χ1v) is 15.3. The van der Waals surface area contributed by atoms with Gasteiger partial charge in [-0.25, -0.2) is 9.97 Å². The van der Waals surface area contributed by atoms with Crippen LogP contribution in [-0.2, 0) is 16.1 Å². The van der Waals surface area contributed by atoms with E-state index in [-0.39, 0.29) is 41.6 Å². The third-order valence-corrected chi connectivity index (χ3v) is 9.69. The van der Waals surface area contributed by atoms with Crippen molar-refractivity contribution in [3.63, 3.8) is 0 Å². The van der Waals surface area contributed by atoms with Crippen molar-refractivity contribution in [2.24, 2.45) is 11.3 Å². The van der Waals surface area contributed by atoms with Gasteiger partial charge in [0.05, 0.1) is 5.52 Å². The third kappa shape index (κ3) is 5.70. The van der Waals surface area contributed by atoms with Crippen LogP contribution in [0, 0.1) is 25.2 Å². The molecule has 0 spiro atoms. The number of carbonyl (C=O) groups excluding carboxylic acids is 3. The van der Waals surface area contributed by atoms with Crippen LogP contribution >= 0.6 is 0 Å². The van der Waals surface area contributed by atoms with Crippen LogP contribution in [0.1, 0.15) is 95.0 Å². The molecule has 1 aromatic carbocycles. The molecule has 0 bridgehead atoms. The van der Waals surface area contributed by atoms with E-state index in [4.69, 9.17) is 0 Å². The summed E-state index contributed by atoms with van der Waals surface area (Å²) >= 11 is 0. The van der Waals surface area contributed by atoms with Crippen LogP contribution in [0.25, 0.3) is 22.0 Å². The van der Waals surface area contributed by atoms with Gasteiger partial charge in [-0.2, -0.15) is 5.10 Å². The summed E-state index contributed by atoms with van der Waals surface area (Å²) in [5.41, 5.74) is 3.45. The van der Waals surface area contributed by atoms with Crippen molar-refractivity contribution in [2.45, 2.75) is 112 Å². The Hall–Kier alpha value is -3.62.